The molecule has 0 fully saturated rings. The summed E-state index contributed by atoms with van der Waals surface area (Å²) in [6, 6.07) is 29.8. The van der Waals surface area contributed by atoms with Gasteiger partial charge >= 0.3 is 0 Å². The number of methoxy groups -OCH3 is 2. The zero-order valence-corrected chi connectivity index (χ0v) is 29.8. The van der Waals surface area contributed by atoms with Gasteiger partial charge in [0.05, 0.1) is 25.3 Å². The van der Waals surface area contributed by atoms with Crippen LogP contribution in [0, 0.1) is 11.3 Å². The fourth-order valence-electron chi connectivity index (χ4n) is 4.54. The lowest BCUT2D eigenvalue weighted by atomic mass is 9.83. The van der Waals surface area contributed by atoms with Crippen molar-refractivity contribution < 1.29 is 35.0 Å². The number of rotatable bonds is 5. The molecule has 3 radical (unpaired) electrons. The van der Waals surface area contributed by atoms with E-state index in [1.165, 1.54) is 7.11 Å². The summed E-state index contributed by atoms with van der Waals surface area (Å²) in [6.45, 7) is 14.6. The Morgan fingerprint density at radius 1 is 0.740 bits per heavy atom. The molecule has 6 N–H and O–H groups in total. The lowest BCUT2D eigenvalue weighted by molar-refractivity contribution is -0.0678. The first-order valence-corrected chi connectivity index (χ1v) is 15.2. The third-order valence-corrected chi connectivity index (χ3v) is 6.95. The predicted molar refractivity (Wildman–Crippen MR) is 200 cm³/mol. The normalized spacial score (nSPS) is 10.0. The molecule has 4 aromatic rings. The van der Waals surface area contributed by atoms with Crippen LogP contribution in [0.4, 0.5) is 0 Å². The van der Waals surface area contributed by atoms with Gasteiger partial charge in [-0.2, -0.15) is 5.26 Å². The maximum absolute atomic E-state index is 12.0. The maximum Gasteiger partial charge on any atom is 0.278 e. The topological polar surface area (TPSA) is 164 Å². The number of carbonyl (C=O) groups is 1. The van der Waals surface area contributed by atoms with Gasteiger partial charge in [0, 0.05) is 26.1 Å². The Bertz CT molecular complexity index is 1610. The van der Waals surface area contributed by atoms with Crippen molar-refractivity contribution in [3.63, 3.8) is 0 Å². The summed E-state index contributed by atoms with van der Waals surface area (Å²) < 4.78 is 10.9. The van der Waals surface area contributed by atoms with E-state index >= 15 is 0 Å². The SMILES string of the molecule is C.CCO.COc1c(C#N)cc(C(C)(C)C)cc1-c1ccccc1.COc1c(C(=O)NO)cc(C(C)(C)C)cc1-c1ccccc1.ONO.[B]. The average molecular weight is 687 g/mol. The molecular weight excluding hydrogens is 633 g/mol. The zero-order valence-electron chi connectivity index (χ0n) is 29.8. The first-order chi connectivity index (χ1) is 22.7. The Morgan fingerprint density at radius 3 is 1.42 bits per heavy atom. The summed E-state index contributed by atoms with van der Waals surface area (Å²) in [5, 5.41) is 39.7. The molecule has 0 unspecified atom stereocenters. The number of nitrogens with one attached hydrogen (secondary N) is 2. The van der Waals surface area contributed by atoms with E-state index in [9.17, 15) is 10.1 Å². The van der Waals surface area contributed by atoms with Crippen molar-refractivity contribution >= 4 is 14.3 Å². The molecule has 0 saturated heterocycles. The van der Waals surface area contributed by atoms with Crippen LogP contribution < -0.4 is 20.6 Å². The maximum atomic E-state index is 12.0. The van der Waals surface area contributed by atoms with E-state index in [-0.39, 0.29) is 33.3 Å². The summed E-state index contributed by atoms with van der Waals surface area (Å²) in [4.78, 5) is 12.0. The minimum Gasteiger partial charge on any atom is -0.495 e. The van der Waals surface area contributed by atoms with Crippen LogP contribution in [0.3, 0.4) is 0 Å². The first-order valence-electron chi connectivity index (χ1n) is 15.2. The van der Waals surface area contributed by atoms with Gasteiger partial charge in [-0.25, -0.2) is 5.48 Å². The molecule has 0 aliphatic carbocycles. The van der Waals surface area contributed by atoms with Gasteiger partial charge in [-0.1, -0.05) is 115 Å². The van der Waals surface area contributed by atoms with Gasteiger partial charge in [-0.05, 0) is 64.3 Å². The molecule has 0 aromatic heterocycles. The van der Waals surface area contributed by atoms with E-state index < -0.39 is 5.91 Å². The van der Waals surface area contributed by atoms with Crippen LogP contribution in [0.15, 0.2) is 84.9 Å². The molecule has 0 bridgehead atoms. The van der Waals surface area contributed by atoms with Crippen LogP contribution >= 0.6 is 0 Å². The van der Waals surface area contributed by atoms with Crippen molar-refractivity contribution in [3.05, 3.63) is 107 Å². The third kappa shape index (κ3) is 13.7. The summed E-state index contributed by atoms with van der Waals surface area (Å²) in [5.41, 5.74) is 9.13. The second-order valence-corrected chi connectivity index (χ2v) is 12.4. The van der Waals surface area contributed by atoms with Gasteiger partial charge in [0.25, 0.3) is 5.91 Å². The number of amides is 1. The molecule has 269 valence electrons. The van der Waals surface area contributed by atoms with Crippen LogP contribution in [-0.2, 0) is 10.8 Å². The molecule has 0 aliphatic rings. The van der Waals surface area contributed by atoms with Crippen molar-refractivity contribution in [2.75, 3.05) is 20.8 Å². The molecule has 0 atom stereocenters. The Balaban J connectivity index is 0. The zero-order chi connectivity index (χ0) is 36.5. The predicted octanol–water partition coefficient (Wildman–Crippen LogP) is 7.92. The Labute approximate surface area is 299 Å². The highest BCUT2D eigenvalue weighted by atomic mass is 16.7. The largest absolute Gasteiger partial charge is 0.495 e. The lowest BCUT2D eigenvalue weighted by Gasteiger charge is -2.23. The molecule has 1 amide bonds. The quantitative estimate of drug-likeness (QED) is 0.0695. The standard InChI is InChI=1S/C18H21NO3.C18H19NO.C2H6O.CH4.B.H3NO2/c1-18(2,3)13-10-14(12-8-6-5-7-9-12)16(22-4)15(11-13)17(20)19-21;1-18(2,3)15-10-14(12-19)17(20-4)16(11-15)13-8-6-5-7-9-13;1-2-3;;;2-1-3/h5-11,21H,1-4H3,(H,19,20);5-11H,1-4H3;3H,2H2,1H3;1H4;;1-3H. The average Bonchev–Trinajstić information content (AvgIpc) is 3.07. The molecule has 11 heteroatoms. The number of aliphatic hydroxyl groups excluding tert-OH is 1. The number of hydroxylamine groups is 1. The lowest BCUT2D eigenvalue weighted by Crippen LogP contribution is -2.21. The molecular formula is C39H53BN3O7. The van der Waals surface area contributed by atoms with Crippen molar-refractivity contribution in [1.82, 2.24) is 11.1 Å². The van der Waals surface area contributed by atoms with E-state index in [1.807, 2.05) is 72.8 Å². The van der Waals surface area contributed by atoms with Crippen LogP contribution in [0.25, 0.3) is 22.3 Å². The number of carbonyl (C=O) groups excluding carboxylic acids is 1. The summed E-state index contributed by atoms with van der Waals surface area (Å²) >= 11 is 0. The number of nitriles is 1. The molecule has 4 rings (SSSR count). The Kier molecular flexibility index (Phi) is 21.7. The molecule has 50 heavy (non-hydrogen) atoms. The van der Waals surface area contributed by atoms with Crippen molar-refractivity contribution in [1.29, 1.82) is 5.26 Å². The van der Waals surface area contributed by atoms with Gasteiger partial charge in [0.1, 0.15) is 17.6 Å². The Morgan fingerprint density at radius 2 is 1.10 bits per heavy atom. The molecule has 4 aromatic carbocycles. The van der Waals surface area contributed by atoms with E-state index in [4.69, 9.17) is 30.2 Å². The van der Waals surface area contributed by atoms with Crippen molar-refractivity contribution in [3.8, 4) is 39.8 Å². The number of aliphatic hydroxyl groups is 1. The number of ether oxygens (including phenoxy) is 2. The van der Waals surface area contributed by atoms with Crippen molar-refractivity contribution in [2.24, 2.45) is 0 Å². The number of benzene rings is 4. The van der Waals surface area contributed by atoms with Gasteiger partial charge in [-0.15, -0.1) is 0 Å². The van der Waals surface area contributed by atoms with Crippen LogP contribution in [-0.4, -0.2) is 55.9 Å². The molecule has 0 spiro atoms. The number of nitrogens with zero attached hydrogens (tertiary/aromatic N) is 1. The fraction of sp³-hybridized carbons (Fsp3) is 0.333. The van der Waals surface area contributed by atoms with E-state index in [0.29, 0.717) is 22.6 Å². The summed E-state index contributed by atoms with van der Waals surface area (Å²) in [7, 11) is 3.13. The molecule has 0 saturated carbocycles. The number of hydrogen-bond acceptors (Lipinski definition) is 9. The second kappa shape index (κ2) is 22.8. The fourth-order valence-corrected chi connectivity index (χ4v) is 4.54. The molecule has 0 aliphatic heterocycles. The Hall–Kier alpha value is -4.70. The summed E-state index contributed by atoms with van der Waals surface area (Å²) in [5.74, 6) is 0.512. The minimum absolute atomic E-state index is 0. The monoisotopic (exact) mass is 686 g/mol. The second-order valence-electron chi connectivity index (χ2n) is 12.4. The molecule has 0 heterocycles. The minimum atomic E-state index is -0.583. The van der Waals surface area contributed by atoms with Crippen LogP contribution in [0.2, 0.25) is 0 Å². The van der Waals surface area contributed by atoms with Gasteiger partial charge in [0.15, 0.2) is 0 Å². The number of hydrogen-bond donors (Lipinski definition) is 6. The van der Waals surface area contributed by atoms with E-state index in [0.717, 1.165) is 39.0 Å². The van der Waals surface area contributed by atoms with Crippen LogP contribution in [0.5, 0.6) is 11.5 Å². The smallest absolute Gasteiger partial charge is 0.278 e. The highest BCUT2D eigenvalue weighted by molar-refractivity contribution is 5.99. The van der Waals surface area contributed by atoms with Gasteiger partial charge in [0.2, 0.25) is 0 Å². The van der Waals surface area contributed by atoms with Crippen LogP contribution in [0.1, 0.15) is 82.9 Å². The third-order valence-electron chi connectivity index (χ3n) is 6.95. The summed E-state index contributed by atoms with van der Waals surface area (Å²) in [6.07, 6.45) is 0. The van der Waals surface area contributed by atoms with E-state index in [2.05, 4.69) is 53.7 Å². The first kappa shape index (κ1) is 47.4. The highest BCUT2D eigenvalue weighted by Gasteiger charge is 2.23. The highest BCUT2D eigenvalue weighted by Crippen LogP contribution is 2.39. The molecule has 10 nitrogen and oxygen atoms in total. The van der Waals surface area contributed by atoms with E-state index in [1.54, 1.807) is 25.6 Å². The van der Waals surface area contributed by atoms with Gasteiger partial charge < -0.3 is 14.6 Å². The van der Waals surface area contributed by atoms with Crippen molar-refractivity contribution in [2.45, 2.75) is 66.7 Å². The van der Waals surface area contributed by atoms with Gasteiger partial charge in [-0.3, -0.25) is 20.4 Å².